The highest BCUT2D eigenvalue weighted by Gasteiger charge is 2.08. The summed E-state index contributed by atoms with van der Waals surface area (Å²) in [5.74, 6) is -0.744. The Balaban J connectivity index is 3.01. The van der Waals surface area contributed by atoms with Crippen molar-refractivity contribution in [2.75, 3.05) is 0 Å². The van der Waals surface area contributed by atoms with Crippen molar-refractivity contribution in [1.29, 1.82) is 0 Å². The van der Waals surface area contributed by atoms with Gasteiger partial charge in [-0.25, -0.2) is 4.79 Å². The van der Waals surface area contributed by atoms with E-state index in [9.17, 15) is 4.79 Å². The number of aromatic amines is 1. The fourth-order valence-electron chi connectivity index (χ4n) is 0.712. The van der Waals surface area contributed by atoms with Crippen molar-refractivity contribution in [3.8, 4) is 0 Å². The van der Waals surface area contributed by atoms with Crippen LogP contribution in [0.15, 0.2) is 12.3 Å². The first-order chi connectivity index (χ1) is 4.75. The van der Waals surface area contributed by atoms with Gasteiger partial charge in [0, 0.05) is 12.1 Å². The minimum Gasteiger partial charge on any atom is -0.477 e. The molecule has 54 valence electrons. The molecular formula is C6H6ClNO2. The van der Waals surface area contributed by atoms with Crippen LogP contribution in [0.5, 0.6) is 0 Å². The van der Waals surface area contributed by atoms with Gasteiger partial charge in [-0.2, -0.15) is 0 Å². The summed E-state index contributed by atoms with van der Waals surface area (Å²) in [4.78, 5) is 12.9. The first kappa shape index (κ1) is 7.15. The molecule has 0 bridgehead atoms. The summed E-state index contributed by atoms with van der Waals surface area (Å²) in [5, 5.41) is 8.50. The molecule has 0 saturated heterocycles. The average Bonchev–Trinajstić information content (AvgIpc) is 2.33. The Morgan fingerprint density at radius 2 is 2.50 bits per heavy atom. The van der Waals surface area contributed by atoms with E-state index >= 15 is 0 Å². The van der Waals surface area contributed by atoms with Crippen molar-refractivity contribution in [3.63, 3.8) is 0 Å². The van der Waals surface area contributed by atoms with Gasteiger partial charge in [0.15, 0.2) is 0 Å². The Morgan fingerprint density at radius 1 is 1.80 bits per heavy atom. The van der Waals surface area contributed by atoms with Crippen LogP contribution in [0.25, 0.3) is 0 Å². The number of hydrogen-bond acceptors (Lipinski definition) is 1. The van der Waals surface area contributed by atoms with E-state index in [1.54, 1.807) is 12.3 Å². The molecule has 1 aromatic rings. The molecule has 0 aromatic carbocycles. The average molecular weight is 160 g/mol. The molecular weight excluding hydrogens is 154 g/mol. The highest BCUT2D eigenvalue weighted by molar-refractivity contribution is 6.17. The highest BCUT2D eigenvalue weighted by atomic mass is 35.5. The summed E-state index contributed by atoms with van der Waals surface area (Å²) >= 11 is 5.43. The summed E-state index contributed by atoms with van der Waals surface area (Å²) in [6.07, 6.45) is 1.56. The Kier molecular flexibility index (Phi) is 1.97. The van der Waals surface area contributed by atoms with Crippen LogP contribution in [0.4, 0.5) is 0 Å². The molecule has 0 aliphatic heterocycles. The van der Waals surface area contributed by atoms with Crippen molar-refractivity contribution in [1.82, 2.24) is 4.98 Å². The summed E-state index contributed by atoms with van der Waals surface area (Å²) < 4.78 is 0. The predicted octanol–water partition coefficient (Wildman–Crippen LogP) is 1.45. The van der Waals surface area contributed by atoms with Crippen molar-refractivity contribution in [2.24, 2.45) is 0 Å². The van der Waals surface area contributed by atoms with E-state index in [1.165, 1.54) is 0 Å². The Hall–Kier alpha value is -0.960. The lowest BCUT2D eigenvalue weighted by Gasteiger charge is -1.90. The van der Waals surface area contributed by atoms with Crippen molar-refractivity contribution in [2.45, 2.75) is 5.88 Å². The molecule has 0 fully saturated rings. The van der Waals surface area contributed by atoms with E-state index in [4.69, 9.17) is 16.7 Å². The molecule has 0 unspecified atom stereocenters. The van der Waals surface area contributed by atoms with Gasteiger partial charge in [-0.15, -0.1) is 11.6 Å². The summed E-state index contributed by atoms with van der Waals surface area (Å²) in [5.41, 5.74) is 0.796. The minimum atomic E-state index is -0.972. The molecule has 1 aromatic heterocycles. The van der Waals surface area contributed by atoms with Crippen LogP contribution in [0.1, 0.15) is 16.1 Å². The number of hydrogen-bond donors (Lipinski definition) is 2. The second-order valence-corrected chi connectivity index (χ2v) is 2.08. The fraction of sp³-hybridized carbons (Fsp3) is 0.167. The second kappa shape index (κ2) is 2.75. The molecule has 4 heteroatoms. The molecule has 0 amide bonds. The van der Waals surface area contributed by atoms with Crippen LogP contribution in [0, 0.1) is 0 Å². The van der Waals surface area contributed by atoms with Gasteiger partial charge >= 0.3 is 5.97 Å². The Labute approximate surface area is 62.6 Å². The zero-order valence-corrected chi connectivity index (χ0v) is 5.85. The number of rotatable bonds is 2. The van der Waals surface area contributed by atoms with Gasteiger partial charge in [0.25, 0.3) is 0 Å². The molecule has 0 saturated carbocycles. The number of H-pyrrole nitrogens is 1. The minimum absolute atomic E-state index is 0.176. The van der Waals surface area contributed by atoms with E-state index in [0.717, 1.165) is 0 Å². The van der Waals surface area contributed by atoms with Gasteiger partial charge in [-0.05, 0) is 11.6 Å². The highest BCUT2D eigenvalue weighted by Crippen LogP contribution is 2.08. The molecule has 2 N–H and O–H groups in total. The maximum atomic E-state index is 10.4. The van der Waals surface area contributed by atoms with Gasteiger partial charge in [0.2, 0.25) is 0 Å². The molecule has 0 atom stereocenters. The van der Waals surface area contributed by atoms with E-state index in [1.807, 2.05) is 0 Å². The lowest BCUT2D eigenvalue weighted by atomic mass is 10.3. The predicted molar refractivity (Wildman–Crippen MR) is 37.3 cm³/mol. The second-order valence-electron chi connectivity index (χ2n) is 1.82. The number of alkyl halides is 1. The van der Waals surface area contributed by atoms with Gasteiger partial charge in [0.05, 0.1) is 0 Å². The molecule has 0 radical (unpaired) electrons. The van der Waals surface area contributed by atoms with Crippen LogP contribution in [-0.2, 0) is 5.88 Å². The van der Waals surface area contributed by atoms with Crippen LogP contribution >= 0.6 is 11.6 Å². The lowest BCUT2D eigenvalue weighted by Crippen LogP contribution is -1.99. The first-order valence-electron chi connectivity index (χ1n) is 2.71. The third-order valence-electron chi connectivity index (χ3n) is 1.19. The zero-order chi connectivity index (χ0) is 7.56. The Bertz CT molecular complexity index is 244. The van der Waals surface area contributed by atoms with Crippen LogP contribution in [-0.4, -0.2) is 16.1 Å². The molecule has 10 heavy (non-hydrogen) atoms. The van der Waals surface area contributed by atoms with Crippen molar-refractivity contribution >= 4 is 17.6 Å². The number of halogens is 1. The molecule has 0 aliphatic carbocycles. The van der Waals surface area contributed by atoms with E-state index < -0.39 is 5.97 Å². The lowest BCUT2D eigenvalue weighted by molar-refractivity contribution is 0.0690. The van der Waals surface area contributed by atoms with Crippen molar-refractivity contribution < 1.29 is 9.90 Å². The summed E-state index contributed by atoms with van der Waals surface area (Å²) in [6, 6.07) is 1.65. The fourth-order valence-corrected chi connectivity index (χ4v) is 0.935. The van der Waals surface area contributed by atoms with E-state index in [0.29, 0.717) is 5.56 Å². The Morgan fingerprint density at radius 3 is 2.90 bits per heavy atom. The van der Waals surface area contributed by atoms with Gasteiger partial charge < -0.3 is 10.1 Å². The molecule has 0 spiro atoms. The van der Waals surface area contributed by atoms with Crippen molar-refractivity contribution in [3.05, 3.63) is 23.5 Å². The molecule has 1 rings (SSSR count). The quantitative estimate of drug-likeness (QED) is 0.642. The van der Waals surface area contributed by atoms with Gasteiger partial charge in [0.1, 0.15) is 5.69 Å². The normalized spacial score (nSPS) is 9.70. The van der Waals surface area contributed by atoms with E-state index in [-0.39, 0.29) is 11.6 Å². The van der Waals surface area contributed by atoms with Gasteiger partial charge in [-0.1, -0.05) is 0 Å². The number of aromatic nitrogens is 1. The summed E-state index contributed by atoms with van der Waals surface area (Å²) in [7, 11) is 0. The van der Waals surface area contributed by atoms with Crippen LogP contribution in [0.3, 0.4) is 0 Å². The molecule has 0 aliphatic rings. The smallest absolute Gasteiger partial charge is 0.352 e. The SMILES string of the molecule is O=C(O)c1[nH]ccc1CCl. The monoisotopic (exact) mass is 159 g/mol. The number of carbonyl (C=O) groups is 1. The zero-order valence-electron chi connectivity index (χ0n) is 5.10. The van der Waals surface area contributed by atoms with Crippen LogP contribution < -0.4 is 0 Å². The third-order valence-corrected chi connectivity index (χ3v) is 1.48. The molecule has 1 heterocycles. The van der Waals surface area contributed by atoms with E-state index in [2.05, 4.69) is 4.98 Å². The number of carboxylic acids is 1. The topological polar surface area (TPSA) is 53.1 Å². The maximum Gasteiger partial charge on any atom is 0.352 e. The third kappa shape index (κ3) is 1.14. The number of nitrogens with one attached hydrogen (secondary N) is 1. The maximum absolute atomic E-state index is 10.4. The number of aromatic carboxylic acids is 1. The number of carboxylic acid groups (broad SMARTS) is 1. The first-order valence-corrected chi connectivity index (χ1v) is 3.24. The summed E-state index contributed by atoms with van der Waals surface area (Å²) in [6.45, 7) is 0. The van der Waals surface area contributed by atoms with Gasteiger partial charge in [-0.3, -0.25) is 0 Å². The largest absolute Gasteiger partial charge is 0.477 e. The molecule has 3 nitrogen and oxygen atoms in total. The van der Waals surface area contributed by atoms with Crippen LogP contribution in [0.2, 0.25) is 0 Å². The standard InChI is InChI=1S/C6H6ClNO2/c7-3-4-1-2-8-5(4)6(9)10/h1-2,8H,3H2,(H,9,10).